The summed E-state index contributed by atoms with van der Waals surface area (Å²) >= 11 is 0. The van der Waals surface area contributed by atoms with E-state index in [9.17, 15) is 14.9 Å². The first-order valence-corrected chi connectivity index (χ1v) is 7.29. The van der Waals surface area contributed by atoms with E-state index in [2.05, 4.69) is 17.2 Å². The molecule has 0 saturated carbocycles. The predicted octanol–water partition coefficient (Wildman–Crippen LogP) is 2.39. The molecule has 1 N–H and O–H groups in total. The van der Waals surface area contributed by atoms with Crippen molar-refractivity contribution in [1.82, 2.24) is 5.32 Å². The first-order valence-electron chi connectivity index (χ1n) is 7.29. The number of benzene rings is 2. The van der Waals surface area contributed by atoms with Gasteiger partial charge in [-0.05, 0) is 12.1 Å². The van der Waals surface area contributed by atoms with Crippen molar-refractivity contribution in [2.45, 2.75) is 0 Å². The van der Waals surface area contributed by atoms with Crippen LogP contribution in [0.2, 0.25) is 0 Å². The topological polar surface area (TPSA) is 90.7 Å². The number of carbonyl (C=O) groups is 1. The summed E-state index contributed by atoms with van der Waals surface area (Å²) in [6, 6.07) is 11.7. The van der Waals surface area contributed by atoms with Crippen molar-refractivity contribution in [3.63, 3.8) is 0 Å². The van der Waals surface area contributed by atoms with Gasteiger partial charge >= 0.3 is 0 Å². The van der Waals surface area contributed by atoms with E-state index in [4.69, 9.17) is 9.47 Å². The van der Waals surface area contributed by atoms with Gasteiger partial charge in [0.1, 0.15) is 5.56 Å². The second kappa shape index (κ2) is 8.36. The fraction of sp³-hybridized carbons (Fsp3) is 0.167. The standard InChI is InChI=1S/C18H16N2O5/c1-24-16-11-14(15(20(22)23)12-17(16)25-2)18(21)19-10-6-9-13-7-4-3-5-8-13/h3-5,7-8,11-12H,10H2,1-2H3,(H,19,21). The van der Waals surface area contributed by atoms with Crippen molar-refractivity contribution in [2.24, 2.45) is 0 Å². The number of hydrogen-bond donors (Lipinski definition) is 1. The number of nitro groups is 1. The third-order valence-electron chi connectivity index (χ3n) is 3.29. The molecule has 25 heavy (non-hydrogen) atoms. The van der Waals surface area contributed by atoms with Crippen molar-refractivity contribution in [3.8, 4) is 23.3 Å². The Bertz CT molecular complexity index is 838. The Labute approximate surface area is 144 Å². The van der Waals surface area contributed by atoms with E-state index in [-0.39, 0.29) is 29.3 Å². The molecule has 0 fully saturated rings. The van der Waals surface area contributed by atoms with E-state index in [1.54, 1.807) is 0 Å². The molecule has 0 saturated heterocycles. The quantitative estimate of drug-likeness (QED) is 0.513. The van der Waals surface area contributed by atoms with Crippen LogP contribution in [0.15, 0.2) is 42.5 Å². The van der Waals surface area contributed by atoms with Gasteiger partial charge in [0.05, 0.1) is 31.8 Å². The smallest absolute Gasteiger partial charge is 0.286 e. The number of ether oxygens (including phenoxy) is 2. The first kappa shape index (κ1) is 17.8. The second-order valence-corrected chi connectivity index (χ2v) is 4.83. The van der Waals surface area contributed by atoms with E-state index in [0.717, 1.165) is 11.6 Å². The molecule has 0 aliphatic heterocycles. The maximum absolute atomic E-state index is 12.3. The van der Waals surface area contributed by atoms with Gasteiger partial charge in [-0.25, -0.2) is 0 Å². The highest BCUT2D eigenvalue weighted by molar-refractivity contribution is 5.99. The molecule has 0 spiro atoms. The molecule has 0 radical (unpaired) electrons. The van der Waals surface area contributed by atoms with Crippen LogP contribution in [0.4, 0.5) is 5.69 Å². The van der Waals surface area contributed by atoms with Gasteiger partial charge < -0.3 is 14.8 Å². The Morgan fingerprint density at radius 1 is 1.16 bits per heavy atom. The minimum Gasteiger partial charge on any atom is -0.493 e. The summed E-state index contributed by atoms with van der Waals surface area (Å²) < 4.78 is 10.1. The molecule has 0 unspecified atom stereocenters. The number of rotatable bonds is 5. The van der Waals surface area contributed by atoms with Crippen LogP contribution >= 0.6 is 0 Å². The van der Waals surface area contributed by atoms with Crippen LogP contribution in [-0.2, 0) is 0 Å². The molecule has 7 heteroatoms. The number of nitro benzene ring substituents is 1. The zero-order valence-electron chi connectivity index (χ0n) is 13.7. The van der Waals surface area contributed by atoms with Crippen molar-refractivity contribution in [2.75, 3.05) is 20.8 Å². The maximum atomic E-state index is 12.3. The average Bonchev–Trinajstić information content (AvgIpc) is 2.64. The van der Waals surface area contributed by atoms with E-state index in [1.165, 1.54) is 20.3 Å². The highest BCUT2D eigenvalue weighted by atomic mass is 16.6. The van der Waals surface area contributed by atoms with E-state index < -0.39 is 10.8 Å². The predicted molar refractivity (Wildman–Crippen MR) is 91.9 cm³/mol. The van der Waals surface area contributed by atoms with Crippen molar-refractivity contribution in [3.05, 3.63) is 63.7 Å². The van der Waals surface area contributed by atoms with E-state index >= 15 is 0 Å². The molecule has 0 bridgehead atoms. The molecule has 7 nitrogen and oxygen atoms in total. The molecule has 0 atom stereocenters. The highest BCUT2D eigenvalue weighted by Crippen LogP contribution is 2.34. The summed E-state index contributed by atoms with van der Waals surface area (Å²) in [4.78, 5) is 22.8. The number of amides is 1. The van der Waals surface area contributed by atoms with Crippen LogP contribution in [0.25, 0.3) is 0 Å². The molecule has 1 amide bonds. The third-order valence-corrected chi connectivity index (χ3v) is 3.29. The van der Waals surface area contributed by atoms with Gasteiger partial charge in [0, 0.05) is 11.6 Å². The molecule has 0 heterocycles. The lowest BCUT2D eigenvalue weighted by molar-refractivity contribution is -0.385. The van der Waals surface area contributed by atoms with Gasteiger partial charge in [0.2, 0.25) is 0 Å². The Kier molecular flexibility index (Phi) is 5.96. The molecular weight excluding hydrogens is 324 g/mol. The van der Waals surface area contributed by atoms with Crippen LogP contribution in [0, 0.1) is 22.0 Å². The number of nitrogens with one attached hydrogen (secondary N) is 1. The Morgan fingerprint density at radius 2 is 1.80 bits per heavy atom. The van der Waals surface area contributed by atoms with Crippen LogP contribution in [0.1, 0.15) is 15.9 Å². The zero-order chi connectivity index (χ0) is 18.2. The van der Waals surface area contributed by atoms with Crippen LogP contribution < -0.4 is 14.8 Å². The minimum atomic E-state index is -0.646. The zero-order valence-corrected chi connectivity index (χ0v) is 13.7. The molecule has 0 aromatic heterocycles. The molecule has 2 aromatic carbocycles. The first-order chi connectivity index (χ1) is 12.1. The molecule has 128 valence electrons. The highest BCUT2D eigenvalue weighted by Gasteiger charge is 2.24. The van der Waals surface area contributed by atoms with Crippen LogP contribution in [-0.4, -0.2) is 31.6 Å². The normalized spacial score (nSPS) is 9.52. The lowest BCUT2D eigenvalue weighted by atomic mass is 10.1. The fourth-order valence-corrected chi connectivity index (χ4v) is 2.09. The fourth-order valence-electron chi connectivity index (χ4n) is 2.09. The Balaban J connectivity index is 2.18. The summed E-state index contributed by atoms with van der Waals surface area (Å²) in [5.74, 6) is 5.47. The number of hydrogen-bond acceptors (Lipinski definition) is 5. The molecule has 2 rings (SSSR count). The largest absolute Gasteiger partial charge is 0.493 e. The number of nitrogens with zero attached hydrogens (tertiary/aromatic N) is 1. The van der Waals surface area contributed by atoms with Crippen molar-refractivity contribution < 1.29 is 19.2 Å². The molecular formula is C18H16N2O5. The molecule has 0 aliphatic rings. The second-order valence-electron chi connectivity index (χ2n) is 4.83. The van der Waals surface area contributed by atoms with Crippen LogP contribution in [0.3, 0.4) is 0 Å². The van der Waals surface area contributed by atoms with Gasteiger partial charge in [-0.1, -0.05) is 30.0 Å². The van der Waals surface area contributed by atoms with Crippen molar-refractivity contribution in [1.29, 1.82) is 0 Å². The summed E-state index contributed by atoms with van der Waals surface area (Å²) in [6.45, 7) is 0.0548. The SMILES string of the molecule is COc1cc(C(=O)NCC#Cc2ccccc2)c([N+](=O)[O-])cc1OC. The Hall–Kier alpha value is -3.53. The van der Waals surface area contributed by atoms with Crippen LogP contribution in [0.5, 0.6) is 11.5 Å². The van der Waals surface area contributed by atoms with Gasteiger partial charge in [-0.3, -0.25) is 14.9 Å². The maximum Gasteiger partial charge on any atom is 0.286 e. The number of methoxy groups -OCH3 is 2. The summed E-state index contributed by atoms with van der Waals surface area (Å²) in [5, 5.41) is 13.8. The molecule has 2 aromatic rings. The summed E-state index contributed by atoms with van der Waals surface area (Å²) in [5.41, 5.74) is 0.323. The minimum absolute atomic E-state index is 0.0548. The average molecular weight is 340 g/mol. The van der Waals surface area contributed by atoms with E-state index in [1.807, 2.05) is 30.3 Å². The van der Waals surface area contributed by atoms with Gasteiger partial charge in [-0.15, -0.1) is 0 Å². The van der Waals surface area contributed by atoms with Gasteiger partial charge in [0.25, 0.3) is 11.6 Å². The van der Waals surface area contributed by atoms with Gasteiger partial charge in [-0.2, -0.15) is 0 Å². The lowest BCUT2D eigenvalue weighted by Gasteiger charge is -2.10. The number of carbonyl (C=O) groups excluding carboxylic acids is 1. The third kappa shape index (κ3) is 4.48. The lowest BCUT2D eigenvalue weighted by Crippen LogP contribution is -2.24. The van der Waals surface area contributed by atoms with E-state index in [0.29, 0.717) is 0 Å². The summed E-state index contributed by atoms with van der Waals surface area (Å²) in [6.07, 6.45) is 0. The van der Waals surface area contributed by atoms with Gasteiger partial charge in [0.15, 0.2) is 11.5 Å². The summed E-state index contributed by atoms with van der Waals surface area (Å²) in [7, 11) is 2.75. The monoisotopic (exact) mass is 340 g/mol. The Morgan fingerprint density at radius 3 is 2.40 bits per heavy atom. The van der Waals surface area contributed by atoms with Crippen molar-refractivity contribution >= 4 is 11.6 Å². The molecule has 0 aliphatic carbocycles.